The first-order valence-electron chi connectivity index (χ1n) is 9.73. The second-order valence-electron chi connectivity index (χ2n) is 7.75. The van der Waals surface area contributed by atoms with Gasteiger partial charge in [0.1, 0.15) is 0 Å². The Labute approximate surface area is 175 Å². The number of benzene rings is 2. The molecule has 0 aliphatic carbocycles. The standard InChI is InChI=1S/C22H21F6NO2/c23-21(24,25)17-7-5-15(6-8-17)19-11-14(12-20(30)31)9-10-29(19)13-16-3-1-2-4-18(16)22(26,27)28/h1-8,14,19H,9-13H2,(H,30,31). The summed E-state index contributed by atoms with van der Waals surface area (Å²) < 4.78 is 78.9. The topological polar surface area (TPSA) is 40.5 Å². The number of aliphatic carboxylic acids is 1. The SMILES string of the molecule is O=C(O)CC1CCN(Cc2ccccc2C(F)(F)F)C(c2ccc(C(F)(F)F)cc2)C1. The summed E-state index contributed by atoms with van der Waals surface area (Å²) in [4.78, 5) is 12.9. The molecule has 0 amide bonds. The lowest BCUT2D eigenvalue weighted by Crippen LogP contribution is -2.37. The van der Waals surface area contributed by atoms with E-state index < -0.39 is 35.5 Å². The van der Waals surface area contributed by atoms with Gasteiger partial charge in [0.25, 0.3) is 0 Å². The van der Waals surface area contributed by atoms with Gasteiger partial charge in [0.05, 0.1) is 11.1 Å². The summed E-state index contributed by atoms with van der Waals surface area (Å²) in [6, 6.07) is 9.24. The van der Waals surface area contributed by atoms with Gasteiger partial charge < -0.3 is 5.11 Å². The third-order valence-corrected chi connectivity index (χ3v) is 5.60. The van der Waals surface area contributed by atoms with E-state index in [0.717, 1.165) is 18.2 Å². The van der Waals surface area contributed by atoms with E-state index in [1.165, 1.54) is 30.3 Å². The molecular formula is C22H21F6NO2. The summed E-state index contributed by atoms with van der Waals surface area (Å²) in [6.45, 7) is 0.303. The van der Waals surface area contributed by atoms with Gasteiger partial charge in [0.2, 0.25) is 0 Å². The predicted octanol–water partition coefficient (Wildman–Crippen LogP) is 6.15. The highest BCUT2D eigenvalue weighted by atomic mass is 19.4. The van der Waals surface area contributed by atoms with Crippen LogP contribution in [0.3, 0.4) is 0 Å². The van der Waals surface area contributed by atoms with Crippen LogP contribution in [0.25, 0.3) is 0 Å². The Kier molecular flexibility index (Phi) is 6.64. The van der Waals surface area contributed by atoms with Gasteiger partial charge in [-0.3, -0.25) is 9.69 Å². The zero-order valence-electron chi connectivity index (χ0n) is 16.4. The largest absolute Gasteiger partial charge is 0.481 e. The number of rotatable bonds is 5. The molecule has 1 heterocycles. The zero-order chi connectivity index (χ0) is 22.8. The fraction of sp³-hybridized carbons (Fsp3) is 0.409. The molecule has 0 saturated carbocycles. The Morgan fingerprint density at radius 3 is 2.19 bits per heavy atom. The molecule has 1 N–H and O–H groups in total. The van der Waals surface area contributed by atoms with Crippen LogP contribution in [-0.2, 0) is 23.7 Å². The molecule has 9 heteroatoms. The first-order chi connectivity index (χ1) is 14.4. The van der Waals surface area contributed by atoms with Gasteiger partial charge in [-0.1, -0.05) is 30.3 Å². The first kappa shape index (κ1) is 23.1. The normalized spacial score (nSPS) is 20.6. The van der Waals surface area contributed by atoms with Crippen molar-refractivity contribution in [3.63, 3.8) is 0 Å². The van der Waals surface area contributed by atoms with E-state index in [9.17, 15) is 31.1 Å². The lowest BCUT2D eigenvalue weighted by atomic mass is 9.84. The molecule has 2 unspecified atom stereocenters. The third-order valence-electron chi connectivity index (χ3n) is 5.60. The lowest BCUT2D eigenvalue weighted by molar-refractivity contribution is -0.140. The molecule has 1 aliphatic heterocycles. The average molecular weight is 445 g/mol. The van der Waals surface area contributed by atoms with Crippen LogP contribution in [0, 0.1) is 5.92 Å². The van der Waals surface area contributed by atoms with E-state index in [0.29, 0.717) is 24.9 Å². The highest BCUT2D eigenvalue weighted by Crippen LogP contribution is 2.39. The molecule has 0 aromatic heterocycles. The molecule has 0 bridgehead atoms. The van der Waals surface area contributed by atoms with E-state index in [1.807, 2.05) is 0 Å². The number of carbonyl (C=O) groups is 1. The van der Waals surface area contributed by atoms with Crippen LogP contribution in [0.4, 0.5) is 26.3 Å². The van der Waals surface area contributed by atoms with Crippen molar-refractivity contribution in [2.75, 3.05) is 6.54 Å². The molecule has 2 aromatic carbocycles. The first-order valence-corrected chi connectivity index (χ1v) is 9.73. The van der Waals surface area contributed by atoms with Crippen LogP contribution in [-0.4, -0.2) is 22.5 Å². The number of hydrogen-bond acceptors (Lipinski definition) is 2. The van der Waals surface area contributed by atoms with Crippen molar-refractivity contribution in [2.24, 2.45) is 5.92 Å². The Hall–Kier alpha value is -2.55. The van der Waals surface area contributed by atoms with Crippen LogP contribution in [0.1, 0.15) is 47.6 Å². The van der Waals surface area contributed by atoms with Gasteiger partial charge in [-0.2, -0.15) is 26.3 Å². The molecular weight excluding hydrogens is 424 g/mol. The van der Waals surface area contributed by atoms with E-state index >= 15 is 0 Å². The van der Waals surface area contributed by atoms with Gasteiger partial charge >= 0.3 is 18.3 Å². The van der Waals surface area contributed by atoms with E-state index in [-0.39, 0.29) is 24.4 Å². The Balaban J connectivity index is 1.90. The smallest absolute Gasteiger partial charge is 0.416 e. The van der Waals surface area contributed by atoms with Gasteiger partial charge in [-0.15, -0.1) is 0 Å². The molecule has 0 spiro atoms. The lowest BCUT2D eigenvalue weighted by Gasteiger charge is -2.40. The van der Waals surface area contributed by atoms with E-state index in [4.69, 9.17) is 5.11 Å². The van der Waals surface area contributed by atoms with Crippen molar-refractivity contribution in [1.82, 2.24) is 4.90 Å². The second-order valence-corrected chi connectivity index (χ2v) is 7.75. The fourth-order valence-corrected chi connectivity index (χ4v) is 4.10. The summed E-state index contributed by atoms with van der Waals surface area (Å²) in [5.74, 6) is -1.19. The summed E-state index contributed by atoms with van der Waals surface area (Å²) in [6.07, 6.45) is -8.29. The summed E-state index contributed by atoms with van der Waals surface area (Å²) >= 11 is 0. The number of alkyl halides is 6. The Morgan fingerprint density at radius 1 is 0.968 bits per heavy atom. The molecule has 1 aliphatic rings. The fourth-order valence-electron chi connectivity index (χ4n) is 4.10. The molecule has 2 atom stereocenters. The van der Waals surface area contributed by atoms with Crippen molar-refractivity contribution in [2.45, 2.75) is 44.2 Å². The van der Waals surface area contributed by atoms with Crippen molar-refractivity contribution in [1.29, 1.82) is 0 Å². The molecule has 2 aromatic rings. The number of carboxylic acids is 1. The number of likely N-dealkylation sites (tertiary alicyclic amines) is 1. The Bertz CT molecular complexity index is 907. The van der Waals surface area contributed by atoms with E-state index in [1.54, 1.807) is 4.90 Å². The third kappa shape index (κ3) is 5.78. The van der Waals surface area contributed by atoms with Gasteiger partial charge in [0.15, 0.2) is 0 Å². The zero-order valence-corrected chi connectivity index (χ0v) is 16.4. The maximum Gasteiger partial charge on any atom is 0.416 e. The molecule has 3 nitrogen and oxygen atoms in total. The minimum Gasteiger partial charge on any atom is -0.481 e. The van der Waals surface area contributed by atoms with Gasteiger partial charge in [0, 0.05) is 19.0 Å². The predicted molar refractivity (Wildman–Crippen MR) is 101 cm³/mol. The summed E-state index contributed by atoms with van der Waals surface area (Å²) in [5, 5.41) is 9.11. The van der Waals surface area contributed by atoms with Crippen molar-refractivity contribution < 1.29 is 36.2 Å². The van der Waals surface area contributed by atoms with Crippen LogP contribution in [0.2, 0.25) is 0 Å². The Morgan fingerprint density at radius 2 is 1.61 bits per heavy atom. The highest BCUT2D eigenvalue weighted by molar-refractivity contribution is 5.67. The molecule has 1 fully saturated rings. The van der Waals surface area contributed by atoms with Crippen LogP contribution in [0.15, 0.2) is 48.5 Å². The minimum atomic E-state index is -4.53. The quantitative estimate of drug-likeness (QED) is 0.561. The van der Waals surface area contributed by atoms with Crippen LogP contribution < -0.4 is 0 Å². The highest BCUT2D eigenvalue weighted by Gasteiger charge is 2.36. The molecule has 168 valence electrons. The number of nitrogens with zero attached hydrogens (tertiary/aromatic N) is 1. The molecule has 3 rings (SSSR count). The van der Waals surface area contributed by atoms with Crippen molar-refractivity contribution in [3.8, 4) is 0 Å². The second kappa shape index (κ2) is 8.90. The maximum atomic E-state index is 13.4. The van der Waals surface area contributed by atoms with E-state index in [2.05, 4.69) is 0 Å². The molecule has 1 saturated heterocycles. The summed E-state index contributed by atoms with van der Waals surface area (Å²) in [7, 11) is 0. The monoisotopic (exact) mass is 445 g/mol. The molecule has 0 radical (unpaired) electrons. The molecule has 31 heavy (non-hydrogen) atoms. The number of carboxylic acid groups (broad SMARTS) is 1. The van der Waals surface area contributed by atoms with Gasteiger partial charge in [-0.05, 0) is 54.6 Å². The minimum absolute atomic E-state index is 0.0405. The van der Waals surface area contributed by atoms with Crippen LogP contribution in [0.5, 0.6) is 0 Å². The maximum absolute atomic E-state index is 13.4. The van der Waals surface area contributed by atoms with Crippen LogP contribution >= 0.6 is 0 Å². The number of hydrogen-bond donors (Lipinski definition) is 1. The van der Waals surface area contributed by atoms with Gasteiger partial charge in [-0.25, -0.2) is 0 Å². The van der Waals surface area contributed by atoms with Crippen molar-refractivity contribution >= 4 is 5.97 Å². The van der Waals surface area contributed by atoms with Crippen molar-refractivity contribution in [3.05, 3.63) is 70.8 Å². The average Bonchev–Trinajstić information content (AvgIpc) is 2.68. The number of halogens is 6. The summed E-state index contributed by atoms with van der Waals surface area (Å²) in [5.41, 5.74) is -0.979. The number of piperidine rings is 1.